The normalized spacial score (nSPS) is 19.8. The number of Topliss-reactive ketones (excluding diaryl/α,β-unsaturated/α-hetero) is 1. The zero-order valence-electron chi connectivity index (χ0n) is 18.3. The van der Waals surface area contributed by atoms with E-state index in [1.54, 1.807) is 17.0 Å². The molecule has 0 radical (unpaired) electrons. The number of anilines is 1. The van der Waals surface area contributed by atoms with Crippen molar-refractivity contribution in [2.75, 3.05) is 10.7 Å². The van der Waals surface area contributed by atoms with E-state index in [-0.39, 0.29) is 40.3 Å². The minimum absolute atomic E-state index is 0.0355. The molecule has 0 spiro atoms. The number of amides is 1. The Morgan fingerprint density at radius 3 is 2.79 bits per heavy atom. The van der Waals surface area contributed by atoms with Crippen molar-refractivity contribution in [2.24, 2.45) is 16.9 Å². The highest BCUT2D eigenvalue weighted by Crippen LogP contribution is 2.51. The Hall–Kier alpha value is -2.75. The van der Waals surface area contributed by atoms with E-state index in [1.807, 2.05) is 13.8 Å². The van der Waals surface area contributed by atoms with Crippen molar-refractivity contribution in [3.05, 3.63) is 56.7 Å². The third-order valence-corrected chi connectivity index (χ3v) is 8.14. The summed E-state index contributed by atoms with van der Waals surface area (Å²) >= 11 is 5.55. The summed E-state index contributed by atoms with van der Waals surface area (Å²) < 4.78 is 16.1. The number of nitrogens with zero attached hydrogens (tertiary/aromatic N) is 4. The Labute approximate surface area is 212 Å². The molecule has 2 heterocycles. The third-order valence-electron chi connectivity index (χ3n) is 5.58. The van der Waals surface area contributed by atoms with Crippen LogP contribution in [0.2, 0.25) is 0 Å². The standard InChI is InChI=1S/C22H20BrFN6O2S2/c1-22(2)6-14-18(15(31)7-22)17(11-4-3-10(23)5-13(11)24)12(8-25)19(27)30(14)20-28-29-21(34-20)33-9-16(26)32/h3-5,17H,6-7,9,27H2,1-2H3,(H2,26,32). The first kappa shape index (κ1) is 24.4. The Morgan fingerprint density at radius 2 is 2.15 bits per heavy atom. The van der Waals surface area contributed by atoms with Crippen molar-refractivity contribution in [1.29, 1.82) is 5.26 Å². The van der Waals surface area contributed by atoms with Crippen LogP contribution in [0.3, 0.4) is 0 Å². The van der Waals surface area contributed by atoms with Gasteiger partial charge in [0.1, 0.15) is 11.6 Å². The summed E-state index contributed by atoms with van der Waals surface area (Å²) in [6.45, 7) is 3.94. The van der Waals surface area contributed by atoms with Crippen molar-refractivity contribution in [2.45, 2.75) is 36.9 Å². The quantitative estimate of drug-likeness (QED) is 0.522. The van der Waals surface area contributed by atoms with Gasteiger partial charge in [0.25, 0.3) is 0 Å². The minimum Gasteiger partial charge on any atom is -0.384 e. The van der Waals surface area contributed by atoms with E-state index < -0.39 is 17.6 Å². The first-order chi connectivity index (χ1) is 16.0. The van der Waals surface area contributed by atoms with Crippen molar-refractivity contribution in [1.82, 2.24) is 10.2 Å². The number of hydrogen-bond donors (Lipinski definition) is 2. The molecule has 4 N–H and O–H groups in total. The van der Waals surface area contributed by atoms with E-state index in [1.165, 1.54) is 17.4 Å². The molecule has 0 saturated heterocycles. The smallest absolute Gasteiger partial charge is 0.227 e. The van der Waals surface area contributed by atoms with Crippen LogP contribution in [0.25, 0.3) is 0 Å². The fourth-order valence-electron chi connectivity index (χ4n) is 4.26. The molecule has 4 rings (SSSR count). The minimum atomic E-state index is -0.926. The number of nitrogens with two attached hydrogens (primary N) is 2. The van der Waals surface area contributed by atoms with Gasteiger partial charge in [-0.2, -0.15) is 5.26 Å². The van der Waals surface area contributed by atoms with Crippen LogP contribution in [0.5, 0.6) is 0 Å². The molecule has 8 nitrogen and oxygen atoms in total. The number of carbonyl (C=O) groups excluding carboxylic acids is 2. The van der Waals surface area contributed by atoms with Crippen LogP contribution in [-0.2, 0) is 9.59 Å². The van der Waals surface area contributed by atoms with Gasteiger partial charge in [-0.05, 0) is 24.0 Å². The number of aromatic nitrogens is 2. The van der Waals surface area contributed by atoms with E-state index in [4.69, 9.17) is 11.5 Å². The number of rotatable bonds is 5. The van der Waals surface area contributed by atoms with E-state index in [2.05, 4.69) is 32.2 Å². The lowest BCUT2D eigenvalue weighted by Gasteiger charge is -2.42. The second kappa shape index (κ2) is 9.13. The van der Waals surface area contributed by atoms with E-state index in [0.29, 0.717) is 31.6 Å². The fraction of sp³-hybridized carbons (Fsp3) is 0.318. The summed E-state index contributed by atoms with van der Waals surface area (Å²) in [5, 5.41) is 18.7. The lowest BCUT2D eigenvalue weighted by Crippen LogP contribution is -2.42. The number of allylic oxidation sites excluding steroid dienone is 3. The Morgan fingerprint density at radius 1 is 1.41 bits per heavy atom. The zero-order chi connectivity index (χ0) is 24.8. The SMILES string of the molecule is CC1(C)CC(=O)C2=C(C1)N(c1nnc(SCC(N)=O)s1)C(N)=C(C#N)C2c1ccc(Br)cc1F. The molecule has 1 aliphatic carbocycles. The maximum Gasteiger partial charge on any atom is 0.227 e. The lowest BCUT2D eigenvalue weighted by atomic mass is 9.68. The number of primary amides is 1. The molecule has 1 aliphatic heterocycles. The van der Waals surface area contributed by atoms with Gasteiger partial charge >= 0.3 is 0 Å². The van der Waals surface area contributed by atoms with Gasteiger partial charge in [-0.3, -0.25) is 14.5 Å². The lowest BCUT2D eigenvalue weighted by molar-refractivity contribution is -0.118. The van der Waals surface area contributed by atoms with Gasteiger partial charge in [0.15, 0.2) is 10.1 Å². The molecule has 176 valence electrons. The van der Waals surface area contributed by atoms with Crippen LogP contribution in [-0.4, -0.2) is 27.6 Å². The second-order valence-electron chi connectivity index (χ2n) is 8.75. The predicted octanol–water partition coefficient (Wildman–Crippen LogP) is 3.96. The molecule has 2 aromatic rings. The highest BCUT2D eigenvalue weighted by molar-refractivity contribution is 9.10. The first-order valence-electron chi connectivity index (χ1n) is 10.2. The van der Waals surface area contributed by atoms with Crippen LogP contribution >= 0.6 is 39.0 Å². The van der Waals surface area contributed by atoms with Crippen LogP contribution in [0.1, 0.15) is 38.2 Å². The van der Waals surface area contributed by atoms with Crippen LogP contribution in [0.15, 0.2) is 49.7 Å². The predicted molar refractivity (Wildman–Crippen MR) is 131 cm³/mol. The van der Waals surface area contributed by atoms with Gasteiger partial charge in [0, 0.05) is 27.7 Å². The van der Waals surface area contributed by atoms with Crippen LogP contribution in [0, 0.1) is 22.6 Å². The van der Waals surface area contributed by atoms with Crippen molar-refractivity contribution in [3.8, 4) is 6.07 Å². The number of benzene rings is 1. The van der Waals surface area contributed by atoms with Gasteiger partial charge in [0.2, 0.25) is 11.0 Å². The van der Waals surface area contributed by atoms with Crippen LogP contribution < -0.4 is 16.4 Å². The van der Waals surface area contributed by atoms with Crippen LogP contribution in [0.4, 0.5) is 9.52 Å². The Bertz CT molecular complexity index is 1310. The highest BCUT2D eigenvalue weighted by Gasteiger charge is 2.46. The van der Waals surface area contributed by atoms with Gasteiger partial charge in [0.05, 0.1) is 23.3 Å². The van der Waals surface area contributed by atoms with E-state index in [9.17, 15) is 14.9 Å². The summed E-state index contributed by atoms with van der Waals surface area (Å²) in [6.07, 6.45) is 0.717. The average Bonchev–Trinajstić information content (AvgIpc) is 3.19. The number of nitriles is 1. The van der Waals surface area contributed by atoms with Crippen molar-refractivity contribution >= 4 is 55.9 Å². The van der Waals surface area contributed by atoms with Gasteiger partial charge in [-0.25, -0.2) is 4.39 Å². The van der Waals surface area contributed by atoms with Crippen molar-refractivity contribution in [3.63, 3.8) is 0 Å². The van der Waals surface area contributed by atoms with E-state index >= 15 is 4.39 Å². The molecular formula is C22H20BrFN6O2S2. The number of hydrogen-bond acceptors (Lipinski definition) is 9. The zero-order valence-corrected chi connectivity index (χ0v) is 21.5. The molecular weight excluding hydrogens is 543 g/mol. The first-order valence-corrected chi connectivity index (χ1v) is 12.8. The van der Waals surface area contributed by atoms with E-state index in [0.717, 1.165) is 11.8 Å². The molecule has 0 bridgehead atoms. The van der Waals surface area contributed by atoms with Crippen molar-refractivity contribution < 1.29 is 14.0 Å². The summed E-state index contributed by atoms with van der Waals surface area (Å²) in [5.74, 6) is -2.02. The number of carbonyl (C=O) groups is 2. The Kier molecular flexibility index (Phi) is 6.54. The summed E-state index contributed by atoms with van der Waals surface area (Å²) in [5.41, 5.74) is 12.5. The maximum atomic E-state index is 15.1. The van der Waals surface area contributed by atoms with Gasteiger partial charge in [-0.1, -0.05) is 58.9 Å². The molecule has 12 heteroatoms. The number of ketones is 1. The summed E-state index contributed by atoms with van der Waals surface area (Å²) in [4.78, 5) is 26.2. The molecule has 0 fully saturated rings. The molecule has 1 unspecified atom stereocenters. The monoisotopic (exact) mass is 562 g/mol. The highest BCUT2D eigenvalue weighted by atomic mass is 79.9. The molecule has 34 heavy (non-hydrogen) atoms. The topological polar surface area (TPSA) is 139 Å². The van der Waals surface area contributed by atoms with Gasteiger partial charge in [-0.15, -0.1) is 10.2 Å². The molecule has 1 aromatic heterocycles. The summed E-state index contributed by atoms with van der Waals surface area (Å²) in [6, 6.07) is 6.63. The molecule has 1 aromatic carbocycles. The Balaban J connectivity index is 1.91. The third kappa shape index (κ3) is 4.47. The number of halogens is 2. The second-order valence-corrected chi connectivity index (χ2v) is 11.8. The average molecular weight is 563 g/mol. The molecule has 2 aliphatic rings. The fourth-order valence-corrected chi connectivity index (χ4v) is 6.21. The molecule has 0 saturated carbocycles. The summed E-state index contributed by atoms with van der Waals surface area (Å²) in [7, 11) is 0. The van der Waals surface area contributed by atoms with Gasteiger partial charge < -0.3 is 11.5 Å². The molecule has 1 amide bonds. The largest absolute Gasteiger partial charge is 0.384 e. The number of thioether (sulfide) groups is 1. The maximum absolute atomic E-state index is 15.1. The molecule has 1 atom stereocenters.